The number of amides is 4. The van der Waals surface area contributed by atoms with E-state index in [1.165, 1.54) is 6.08 Å². The number of aliphatic imine (C=N–C) groups is 1. The van der Waals surface area contributed by atoms with Gasteiger partial charge >= 0.3 is 6.03 Å². The molecule has 41 heavy (non-hydrogen) atoms. The second-order valence-electron chi connectivity index (χ2n) is 10.9. The topological polar surface area (TPSA) is 114 Å². The number of carbonyl (C=O) groups is 3. The molecule has 3 heterocycles. The number of hydrogen-bond acceptors (Lipinski definition) is 6. The first kappa shape index (κ1) is 41.5. The van der Waals surface area contributed by atoms with E-state index in [0.29, 0.717) is 12.0 Å². The first-order valence-electron chi connectivity index (χ1n) is 12.9. The van der Waals surface area contributed by atoms with Gasteiger partial charge in [-0.05, 0) is 55.4 Å². The maximum atomic E-state index is 12.3. The van der Waals surface area contributed by atoms with E-state index in [0.717, 1.165) is 17.8 Å². The smallest absolute Gasteiger partial charge is 0.321 e. The summed E-state index contributed by atoms with van der Waals surface area (Å²) in [6, 6.07) is -0.244. The highest BCUT2D eigenvalue weighted by molar-refractivity contribution is 5.99. The number of carbonyl (C=O) groups excluding carboxylic acids is 4. The van der Waals surface area contributed by atoms with Crippen molar-refractivity contribution in [3.05, 3.63) is 23.0 Å². The average Bonchev–Trinajstić information content (AvgIpc) is 2.86. The second-order valence-corrected chi connectivity index (χ2v) is 10.9. The largest absolute Gasteiger partial charge is 0.391 e. The Morgan fingerprint density at radius 2 is 1.51 bits per heavy atom. The summed E-state index contributed by atoms with van der Waals surface area (Å²) in [5.74, 6) is 2.34. The first-order chi connectivity index (χ1) is 18.4. The zero-order valence-corrected chi connectivity index (χ0v) is 26.3. The van der Waals surface area contributed by atoms with Gasteiger partial charge in [0.15, 0.2) is 0 Å². The van der Waals surface area contributed by atoms with Gasteiger partial charge in [0, 0.05) is 69.6 Å². The van der Waals surface area contributed by atoms with Crippen LogP contribution in [0.3, 0.4) is 0 Å². The van der Waals surface area contributed by atoms with Gasteiger partial charge in [0.2, 0.25) is 12.0 Å². The molecule has 3 aliphatic heterocycles. The fourth-order valence-electron chi connectivity index (χ4n) is 3.86. The molecule has 3 aliphatic rings. The summed E-state index contributed by atoms with van der Waals surface area (Å²) < 4.78 is 0. The van der Waals surface area contributed by atoms with Gasteiger partial charge in [-0.25, -0.2) is 14.6 Å². The Balaban J connectivity index is -0.000000526. The summed E-state index contributed by atoms with van der Waals surface area (Å²) in [7, 11) is 7.21. The summed E-state index contributed by atoms with van der Waals surface area (Å²) in [5.41, 5.74) is 2.28. The summed E-state index contributed by atoms with van der Waals surface area (Å²) >= 11 is 0. The van der Waals surface area contributed by atoms with Gasteiger partial charge < -0.3 is 25.3 Å². The molecular weight excluding hydrogens is 520 g/mol. The summed E-state index contributed by atoms with van der Waals surface area (Å²) in [4.78, 5) is 53.2. The lowest BCUT2D eigenvalue weighted by Crippen LogP contribution is -2.58. The van der Waals surface area contributed by atoms with Crippen molar-refractivity contribution >= 4 is 23.9 Å². The minimum Gasteiger partial charge on any atom is -0.391 e. The van der Waals surface area contributed by atoms with Crippen LogP contribution in [0.25, 0.3) is 0 Å². The van der Waals surface area contributed by atoms with Crippen molar-refractivity contribution in [1.82, 2.24) is 25.3 Å². The van der Waals surface area contributed by atoms with E-state index in [1.54, 1.807) is 34.7 Å². The van der Waals surface area contributed by atoms with Crippen LogP contribution in [0.1, 0.15) is 75.7 Å². The second kappa shape index (κ2) is 18.4. The molecule has 10 heteroatoms. The van der Waals surface area contributed by atoms with E-state index in [9.17, 15) is 19.2 Å². The molecule has 0 saturated heterocycles. The predicted molar refractivity (Wildman–Crippen MR) is 167 cm³/mol. The maximum absolute atomic E-state index is 12.3. The SMILES string of the molecule is C.C#C.C#CC.CC(C)N=C=O.CC1NC(=O)N(C)C2=C1C(=O)N(C)C(C)(C)C2.CNC1=CC(=O)N(C)C(C)(C)C1. The zero-order chi connectivity index (χ0) is 32.0. The van der Waals surface area contributed by atoms with Gasteiger partial charge in [0.25, 0.3) is 5.91 Å². The molecule has 3 rings (SSSR count). The van der Waals surface area contributed by atoms with E-state index in [4.69, 9.17) is 0 Å². The normalized spacial score (nSPS) is 19.6. The molecule has 0 spiro atoms. The highest BCUT2D eigenvalue weighted by atomic mass is 16.2. The molecule has 0 aliphatic carbocycles. The number of urea groups is 1. The van der Waals surface area contributed by atoms with Crippen molar-refractivity contribution in [3.63, 3.8) is 0 Å². The standard InChI is InChI=1S/C12H19N3O2.C9H16N2O.C4H7NO.C3H4.C2H2.CH4/c1-7-9-8(14(4)11(17)13-7)6-12(2,3)15(5)10(9)16;1-9(2)6-7(10-3)5-8(12)11(9)4;1-4(2)5-3-6;1-3-2;1-2;/h7H,6H2,1-5H3,(H,13,17);5,10H,6H2,1-4H3;4H,1-2H3;1H,2H3;1-2H;1H4. The van der Waals surface area contributed by atoms with Gasteiger partial charge in [0.1, 0.15) is 0 Å². The summed E-state index contributed by atoms with van der Waals surface area (Å²) in [6.45, 7) is 15.3. The quantitative estimate of drug-likeness (QED) is 0.296. The number of isocyanates is 1. The highest BCUT2D eigenvalue weighted by Crippen LogP contribution is 2.35. The van der Waals surface area contributed by atoms with Gasteiger partial charge in [-0.1, -0.05) is 7.43 Å². The van der Waals surface area contributed by atoms with Crippen LogP contribution in [0.5, 0.6) is 0 Å². The van der Waals surface area contributed by atoms with E-state index < -0.39 is 0 Å². The third-order valence-corrected chi connectivity index (χ3v) is 6.63. The molecule has 1 unspecified atom stereocenters. The van der Waals surface area contributed by atoms with Crippen LogP contribution in [-0.4, -0.2) is 90.0 Å². The Morgan fingerprint density at radius 1 is 1.05 bits per heavy atom. The number of nitrogens with zero attached hydrogens (tertiary/aromatic N) is 4. The third-order valence-electron chi connectivity index (χ3n) is 6.63. The molecular formula is C31H52N6O4. The minimum absolute atomic E-state index is 0. The predicted octanol–water partition coefficient (Wildman–Crippen LogP) is 3.91. The van der Waals surface area contributed by atoms with Gasteiger partial charge in [0.05, 0.1) is 17.7 Å². The molecule has 230 valence electrons. The van der Waals surface area contributed by atoms with Crippen molar-refractivity contribution in [2.24, 2.45) is 4.99 Å². The van der Waals surface area contributed by atoms with Gasteiger partial charge in [-0.3, -0.25) is 9.59 Å². The fraction of sp³-hybridized carbons (Fsp3) is 0.613. The van der Waals surface area contributed by atoms with E-state index >= 15 is 0 Å². The molecule has 0 radical (unpaired) electrons. The molecule has 0 fully saturated rings. The number of rotatable bonds is 2. The van der Waals surface area contributed by atoms with E-state index in [2.05, 4.69) is 54.7 Å². The maximum Gasteiger partial charge on any atom is 0.321 e. The molecule has 0 aromatic rings. The molecule has 10 nitrogen and oxygen atoms in total. The molecule has 2 N–H and O–H groups in total. The van der Waals surface area contributed by atoms with Crippen molar-refractivity contribution in [2.45, 2.75) is 98.8 Å². The molecule has 0 bridgehead atoms. The number of hydrogen-bond donors (Lipinski definition) is 2. The summed E-state index contributed by atoms with van der Waals surface area (Å²) in [5, 5.41) is 5.81. The van der Waals surface area contributed by atoms with Crippen LogP contribution >= 0.6 is 0 Å². The van der Waals surface area contributed by atoms with Crippen LogP contribution in [-0.2, 0) is 14.4 Å². The molecule has 1 atom stereocenters. The van der Waals surface area contributed by atoms with Crippen LogP contribution in [0.4, 0.5) is 4.79 Å². The highest BCUT2D eigenvalue weighted by Gasteiger charge is 2.43. The van der Waals surface area contributed by atoms with Crippen LogP contribution in [0.2, 0.25) is 0 Å². The number of terminal acetylenes is 2. The Bertz CT molecular complexity index is 1070. The van der Waals surface area contributed by atoms with Crippen LogP contribution in [0, 0.1) is 25.2 Å². The lowest BCUT2D eigenvalue weighted by atomic mass is 9.85. The Morgan fingerprint density at radius 3 is 1.88 bits per heavy atom. The molecule has 0 saturated carbocycles. The van der Waals surface area contributed by atoms with E-state index in [-0.39, 0.29) is 48.4 Å². The fourth-order valence-corrected chi connectivity index (χ4v) is 3.86. The Kier molecular flexibility index (Phi) is 18.6. The van der Waals surface area contributed by atoms with Gasteiger partial charge in [-0.15, -0.1) is 25.2 Å². The van der Waals surface area contributed by atoms with Crippen molar-refractivity contribution < 1.29 is 19.2 Å². The zero-order valence-electron chi connectivity index (χ0n) is 26.3. The molecule has 0 aromatic carbocycles. The monoisotopic (exact) mass is 572 g/mol. The lowest BCUT2D eigenvalue weighted by molar-refractivity contribution is -0.132. The van der Waals surface area contributed by atoms with Crippen LogP contribution in [0.15, 0.2) is 28.0 Å². The van der Waals surface area contributed by atoms with Crippen molar-refractivity contribution in [1.29, 1.82) is 0 Å². The van der Waals surface area contributed by atoms with Gasteiger partial charge in [-0.2, -0.15) is 0 Å². The Hall–Kier alpha value is -4.01. The summed E-state index contributed by atoms with van der Waals surface area (Å²) in [6.07, 6.45) is 17.3. The minimum atomic E-state index is -0.248. The van der Waals surface area contributed by atoms with Crippen LogP contribution < -0.4 is 10.6 Å². The third kappa shape index (κ3) is 11.9. The van der Waals surface area contributed by atoms with Crippen molar-refractivity contribution in [3.8, 4) is 25.2 Å². The van der Waals surface area contributed by atoms with Crippen molar-refractivity contribution in [2.75, 3.05) is 28.2 Å². The number of likely N-dealkylation sites (N-methyl/N-ethyl adjacent to an activating group) is 2. The Labute approximate surface area is 248 Å². The average molecular weight is 573 g/mol. The molecule has 4 amide bonds. The first-order valence-corrected chi connectivity index (χ1v) is 12.9. The van der Waals surface area contributed by atoms with E-state index in [1.807, 2.05) is 55.8 Å². The molecule has 0 aromatic heterocycles. The number of nitrogens with one attached hydrogen (secondary N) is 2. The lowest BCUT2D eigenvalue weighted by Gasteiger charge is -2.46.